The number of aldehydes is 1. The largest absolute Gasteiger partial charge is 0.496 e. The number of amides is 1. The summed E-state index contributed by atoms with van der Waals surface area (Å²) in [6.07, 6.45) is 1.72. The van der Waals surface area contributed by atoms with E-state index in [-0.39, 0.29) is 12.5 Å². The zero-order chi connectivity index (χ0) is 23.1. The minimum absolute atomic E-state index is 0.257. The molecule has 32 heavy (non-hydrogen) atoms. The van der Waals surface area contributed by atoms with Crippen LogP contribution in [0.15, 0.2) is 54.6 Å². The summed E-state index contributed by atoms with van der Waals surface area (Å²) in [5.41, 5.74) is 4.74. The van der Waals surface area contributed by atoms with Gasteiger partial charge in [0.1, 0.15) is 17.8 Å². The fourth-order valence-electron chi connectivity index (χ4n) is 3.37. The maximum Gasteiger partial charge on any atom is 0.253 e. The predicted molar refractivity (Wildman–Crippen MR) is 127 cm³/mol. The van der Waals surface area contributed by atoms with Crippen LogP contribution in [0.25, 0.3) is 11.1 Å². The zero-order valence-corrected chi connectivity index (χ0v) is 19.2. The lowest BCUT2D eigenvalue weighted by Crippen LogP contribution is -2.23. The highest BCUT2D eigenvalue weighted by atomic mass is 35.5. The Bertz CT molecular complexity index is 1130. The zero-order valence-electron chi connectivity index (χ0n) is 18.4. The van der Waals surface area contributed by atoms with Gasteiger partial charge < -0.3 is 14.8 Å². The topological polar surface area (TPSA) is 64.6 Å². The van der Waals surface area contributed by atoms with Crippen molar-refractivity contribution >= 4 is 23.8 Å². The van der Waals surface area contributed by atoms with Crippen LogP contribution in [0.2, 0.25) is 5.02 Å². The molecule has 0 fully saturated rings. The van der Waals surface area contributed by atoms with E-state index < -0.39 is 0 Å². The smallest absolute Gasteiger partial charge is 0.253 e. The van der Waals surface area contributed by atoms with E-state index in [2.05, 4.69) is 5.32 Å². The number of aryl methyl sites for hydroxylation is 1. The minimum Gasteiger partial charge on any atom is -0.496 e. The third-order valence-electron chi connectivity index (χ3n) is 5.09. The van der Waals surface area contributed by atoms with Gasteiger partial charge in [0.15, 0.2) is 0 Å². The number of rotatable bonds is 9. The molecule has 3 aromatic rings. The number of ether oxygens (including phenoxy) is 2. The second kappa shape index (κ2) is 10.8. The van der Waals surface area contributed by atoms with E-state index in [1.807, 2.05) is 44.2 Å². The maximum atomic E-state index is 12.7. The third-order valence-corrected chi connectivity index (χ3v) is 5.40. The van der Waals surface area contributed by atoms with Crippen molar-refractivity contribution in [2.45, 2.75) is 26.8 Å². The number of carbonyl (C=O) groups excluding carboxylic acids is 2. The number of benzene rings is 3. The van der Waals surface area contributed by atoms with Gasteiger partial charge in [-0.3, -0.25) is 9.59 Å². The van der Waals surface area contributed by atoms with Crippen LogP contribution in [0, 0.1) is 6.92 Å². The Labute approximate surface area is 193 Å². The van der Waals surface area contributed by atoms with Gasteiger partial charge >= 0.3 is 0 Å². The number of nitrogens with one attached hydrogen (secondary N) is 1. The van der Waals surface area contributed by atoms with Crippen molar-refractivity contribution in [3.05, 3.63) is 81.9 Å². The van der Waals surface area contributed by atoms with Crippen LogP contribution in [0.3, 0.4) is 0 Å². The van der Waals surface area contributed by atoms with Gasteiger partial charge in [-0.05, 0) is 66.4 Å². The van der Waals surface area contributed by atoms with E-state index in [9.17, 15) is 9.59 Å². The SMILES string of the molecule is CCCOc1ccc(C(=O)NCc2cc(-c3cc(C=O)ccc3C)ccc2OC)c(Cl)c1. The van der Waals surface area contributed by atoms with Crippen LogP contribution >= 0.6 is 11.6 Å². The van der Waals surface area contributed by atoms with Crippen molar-refractivity contribution in [3.8, 4) is 22.6 Å². The fourth-order valence-corrected chi connectivity index (χ4v) is 3.62. The van der Waals surface area contributed by atoms with Gasteiger partial charge in [-0.25, -0.2) is 0 Å². The summed E-state index contributed by atoms with van der Waals surface area (Å²) in [5, 5.41) is 3.24. The fraction of sp³-hybridized carbons (Fsp3) is 0.231. The summed E-state index contributed by atoms with van der Waals surface area (Å²) in [5.74, 6) is 1.01. The molecule has 0 aliphatic carbocycles. The molecule has 0 radical (unpaired) electrons. The Morgan fingerprint density at radius 1 is 1.09 bits per heavy atom. The quantitative estimate of drug-likeness (QED) is 0.414. The first-order valence-electron chi connectivity index (χ1n) is 10.4. The monoisotopic (exact) mass is 451 g/mol. The molecule has 0 aliphatic heterocycles. The molecule has 166 valence electrons. The van der Waals surface area contributed by atoms with Crippen molar-refractivity contribution in [1.82, 2.24) is 5.32 Å². The Kier molecular flexibility index (Phi) is 7.90. The Hall–Kier alpha value is -3.31. The molecule has 0 aliphatic rings. The van der Waals surface area contributed by atoms with Gasteiger partial charge in [-0.1, -0.05) is 36.7 Å². The van der Waals surface area contributed by atoms with Crippen LogP contribution in [-0.2, 0) is 6.54 Å². The van der Waals surface area contributed by atoms with Crippen LogP contribution < -0.4 is 14.8 Å². The molecule has 0 spiro atoms. The average Bonchev–Trinajstić information content (AvgIpc) is 2.81. The molecule has 3 aromatic carbocycles. The number of hydrogen-bond acceptors (Lipinski definition) is 4. The molecule has 5 nitrogen and oxygen atoms in total. The lowest BCUT2D eigenvalue weighted by molar-refractivity contribution is 0.0950. The van der Waals surface area contributed by atoms with Crippen molar-refractivity contribution < 1.29 is 19.1 Å². The number of hydrogen-bond donors (Lipinski definition) is 1. The minimum atomic E-state index is -0.288. The average molecular weight is 452 g/mol. The van der Waals surface area contributed by atoms with Gasteiger partial charge in [0.05, 0.1) is 24.3 Å². The Morgan fingerprint density at radius 2 is 1.91 bits per heavy atom. The molecule has 0 bridgehead atoms. The third kappa shape index (κ3) is 5.48. The number of methoxy groups -OCH3 is 1. The number of carbonyl (C=O) groups is 2. The first kappa shape index (κ1) is 23.4. The highest BCUT2D eigenvalue weighted by Gasteiger charge is 2.14. The predicted octanol–water partition coefficient (Wildman–Crippen LogP) is 5.86. The Morgan fingerprint density at radius 3 is 2.59 bits per heavy atom. The molecule has 0 unspecified atom stereocenters. The van der Waals surface area contributed by atoms with E-state index >= 15 is 0 Å². The highest BCUT2D eigenvalue weighted by molar-refractivity contribution is 6.34. The first-order chi connectivity index (χ1) is 15.5. The molecule has 0 saturated carbocycles. The van der Waals surface area contributed by atoms with Crippen molar-refractivity contribution in [2.24, 2.45) is 0 Å². The van der Waals surface area contributed by atoms with E-state index in [0.29, 0.717) is 34.3 Å². The second-order valence-corrected chi connectivity index (χ2v) is 7.80. The van der Waals surface area contributed by atoms with Crippen LogP contribution in [0.4, 0.5) is 0 Å². The van der Waals surface area contributed by atoms with Crippen molar-refractivity contribution in [2.75, 3.05) is 13.7 Å². The second-order valence-electron chi connectivity index (χ2n) is 7.39. The van der Waals surface area contributed by atoms with Gasteiger partial charge in [0, 0.05) is 17.7 Å². The molecule has 3 rings (SSSR count). The van der Waals surface area contributed by atoms with Crippen LogP contribution in [0.1, 0.15) is 45.2 Å². The molecule has 6 heteroatoms. The molecular formula is C26H26ClNO4. The molecule has 0 atom stereocenters. The molecule has 0 aromatic heterocycles. The van der Waals surface area contributed by atoms with Crippen LogP contribution in [0.5, 0.6) is 11.5 Å². The summed E-state index contributed by atoms with van der Waals surface area (Å²) >= 11 is 6.30. The highest BCUT2D eigenvalue weighted by Crippen LogP contribution is 2.30. The Balaban J connectivity index is 1.81. The number of halogens is 1. The summed E-state index contributed by atoms with van der Waals surface area (Å²) in [4.78, 5) is 23.9. The van der Waals surface area contributed by atoms with E-state index in [0.717, 1.165) is 35.0 Å². The van der Waals surface area contributed by atoms with Gasteiger partial charge in [-0.2, -0.15) is 0 Å². The van der Waals surface area contributed by atoms with Gasteiger partial charge in [-0.15, -0.1) is 0 Å². The molecule has 1 amide bonds. The van der Waals surface area contributed by atoms with Gasteiger partial charge in [0.25, 0.3) is 5.91 Å². The van der Waals surface area contributed by atoms with Crippen molar-refractivity contribution in [3.63, 3.8) is 0 Å². The van der Waals surface area contributed by atoms with Crippen molar-refractivity contribution in [1.29, 1.82) is 0 Å². The van der Waals surface area contributed by atoms with E-state index in [4.69, 9.17) is 21.1 Å². The molecule has 1 N–H and O–H groups in total. The molecule has 0 heterocycles. The first-order valence-corrected chi connectivity index (χ1v) is 10.8. The summed E-state index contributed by atoms with van der Waals surface area (Å²) < 4.78 is 11.0. The molecular weight excluding hydrogens is 426 g/mol. The molecule has 0 saturated heterocycles. The van der Waals surface area contributed by atoms with Crippen LogP contribution in [-0.4, -0.2) is 25.9 Å². The normalized spacial score (nSPS) is 10.5. The standard InChI is InChI=1S/C26H26ClNO4/c1-4-11-32-21-8-9-22(24(27)14-21)26(30)28-15-20-13-19(7-10-25(20)31-3)23-12-18(16-29)6-5-17(23)2/h5-10,12-14,16H,4,11,15H2,1-3H3,(H,28,30). The summed E-state index contributed by atoms with van der Waals surface area (Å²) in [6, 6.07) is 16.4. The lowest BCUT2D eigenvalue weighted by atomic mass is 9.96. The summed E-state index contributed by atoms with van der Waals surface area (Å²) in [6.45, 7) is 4.86. The summed E-state index contributed by atoms with van der Waals surface area (Å²) in [7, 11) is 1.59. The van der Waals surface area contributed by atoms with E-state index in [1.165, 1.54) is 0 Å². The lowest BCUT2D eigenvalue weighted by Gasteiger charge is -2.14. The van der Waals surface area contributed by atoms with E-state index in [1.54, 1.807) is 31.4 Å². The van der Waals surface area contributed by atoms with Gasteiger partial charge in [0.2, 0.25) is 0 Å². The maximum absolute atomic E-state index is 12.7.